The van der Waals surface area contributed by atoms with Gasteiger partial charge in [-0.05, 0) is 48.6 Å². The minimum atomic E-state index is -0.501. The van der Waals surface area contributed by atoms with Gasteiger partial charge in [-0.1, -0.05) is 62.2 Å². The summed E-state index contributed by atoms with van der Waals surface area (Å²) in [4.78, 5) is 26.6. The lowest BCUT2D eigenvalue weighted by atomic mass is 10.1. The molecule has 2 aromatic carbocycles. The molecule has 2 aromatic rings. The molecule has 4 nitrogen and oxygen atoms in total. The number of para-hydroxylation sites is 1. The second-order valence-corrected chi connectivity index (χ2v) is 6.92. The Morgan fingerprint density at radius 1 is 0.963 bits per heavy atom. The highest BCUT2D eigenvalue weighted by Crippen LogP contribution is 2.31. The molecule has 1 aliphatic heterocycles. The minimum absolute atomic E-state index is 0.0824. The molecule has 0 saturated heterocycles. The number of unbranched alkanes of at least 4 members (excludes halogenated alkanes) is 1. The average Bonchev–Trinajstić information content (AvgIpc) is 2.90. The topological polar surface area (TPSA) is 49.4 Å². The van der Waals surface area contributed by atoms with Gasteiger partial charge >= 0.3 is 0 Å². The van der Waals surface area contributed by atoms with E-state index in [0.29, 0.717) is 5.69 Å². The number of imide groups is 1. The summed E-state index contributed by atoms with van der Waals surface area (Å²) >= 11 is 6.22. The van der Waals surface area contributed by atoms with E-state index in [0.717, 1.165) is 41.8 Å². The molecule has 2 amide bonds. The molecule has 0 saturated carbocycles. The van der Waals surface area contributed by atoms with Crippen molar-refractivity contribution in [3.05, 3.63) is 70.4 Å². The Morgan fingerprint density at radius 2 is 1.67 bits per heavy atom. The number of carbonyl (C=O) groups is 2. The Balaban J connectivity index is 1.83. The van der Waals surface area contributed by atoms with Crippen LogP contribution >= 0.6 is 11.6 Å². The van der Waals surface area contributed by atoms with E-state index in [9.17, 15) is 9.59 Å². The van der Waals surface area contributed by atoms with Gasteiger partial charge in [0.25, 0.3) is 11.8 Å². The SMILES string of the molecule is CCCCc1ccc(N2C(=O)C(Cl)=C(Nc3ccccc3CC)C2=O)cc1. The van der Waals surface area contributed by atoms with Crippen LogP contribution in [0.1, 0.15) is 37.8 Å². The predicted octanol–water partition coefficient (Wildman–Crippen LogP) is 5.03. The molecule has 1 N–H and O–H groups in total. The van der Waals surface area contributed by atoms with Crippen LogP contribution in [-0.4, -0.2) is 11.8 Å². The van der Waals surface area contributed by atoms with Crippen LogP contribution < -0.4 is 10.2 Å². The van der Waals surface area contributed by atoms with E-state index in [-0.39, 0.29) is 10.7 Å². The maximum Gasteiger partial charge on any atom is 0.283 e. The first-order valence-corrected chi connectivity index (χ1v) is 9.67. The Bertz CT molecular complexity index is 887. The third-order valence-corrected chi connectivity index (χ3v) is 5.05. The number of anilines is 2. The summed E-state index contributed by atoms with van der Waals surface area (Å²) in [7, 11) is 0. The number of carbonyl (C=O) groups excluding carboxylic acids is 2. The van der Waals surface area contributed by atoms with E-state index in [1.165, 1.54) is 5.56 Å². The van der Waals surface area contributed by atoms with E-state index in [2.05, 4.69) is 12.2 Å². The first-order valence-electron chi connectivity index (χ1n) is 9.29. The van der Waals surface area contributed by atoms with Crippen LogP contribution in [0.15, 0.2) is 59.3 Å². The third-order valence-electron chi connectivity index (χ3n) is 4.70. The number of halogens is 1. The van der Waals surface area contributed by atoms with Crippen molar-refractivity contribution in [2.75, 3.05) is 10.2 Å². The molecule has 0 bridgehead atoms. The van der Waals surface area contributed by atoms with Gasteiger partial charge in [-0.2, -0.15) is 0 Å². The van der Waals surface area contributed by atoms with Crippen LogP contribution in [0.2, 0.25) is 0 Å². The molecule has 1 heterocycles. The summed E-state index contributed by atoms with van der Waals surface area (Å²) in [5.74, 6) is -0.934. The van der Waals surface area contributed by atoms with Crippen molar-refractivity contribution < 1.29 is 9.59 Å². The fraction of sp³-hybridized carbons (Fsp3) is 0.273. The first kappa shape index (κ1) is 19.2. The van der Waals surface area contributed by atoms with Crippen molar-refractivity contribution in [3.63, 3.8) is 0 Å². The molecule has 27 heavy (non-hydrogen) atoms. The zero-order valence-electron chi connectivity index (χ0n) is 15.6. The normalized spacial score (nSPS) is 14.3. The molecule has 0 fully saturated rings. The molecule has 0 spiro atoms. The van der Waals surface area contributed by atoms with E-state index in [1.807, 2.05) is 43.3 Å². The number of rotatable bonds is 7. The summed E-state index contributed by atoms with van der Waals surface area (Å²) in [6.07, 6.45) is 4.02. The lowest BCUT2D eigenvalue weighted by molar-refractivity contribution is -0.120. The van der Waals surface area contributed by atoms with E-state index < -0.39 is 11.8 Å². The summed E-state index contributed by atoms with van der Waals surface area (Å²) in [5.41, 5.74) is 3.68. The number of nitrogens with one attached hydrogen (secondary N) is 1. The van der Waals surface area contributed by atoms with Gasteiger partial charge in [-0.15, -0.1) is 0 Å². The zero-order valence-corrected chi connectivity index (χ0v) is 16.3. The van der Waals surface area contributed by atoms with Gasteiger partial charge < -0.3 is 5.32 Å². The molecule has 3 rings (SSSR count). The second kappa shape index (κ2) is 8.40. The lowest BCUT2D eigenvalue weighted by Crippen LogP contribution is -2.32. The van der Waals surface area contributed by atoms with E-state index in [1.54, 1.807) is 12.1 Å². The maximum atomic E-state index is 12.9. The van der Waals surface area contributed by atoms with Gasteiger partial charge in [0.1, 0.15) is 10.7 Å². The molecule has 0 atom stereocenters. The number of amides is 2. The van der Waals surface area contributed by atoms with Crippen LogP contribution in [0.25, 0.3) is 0 Å². The molecule has 0 aliphatic carbocycles. The van der Waals surface area contributed by atoms with Crippen LogP contribution in [0.5, 0.6) is 0 Å². The van der Waals surface area contributed by atoms with Crippen molar-refractivity contribution in [2.45, 2.75) is 39.5 Å². The summed E-state index contributed by atoms with van der Waals surface area (Å²) in [6, 6.07) is 15.2. The predicted molar refractivity (Wildman–Crippen MR) is 110 cm³/mol. The molecular formula is C22H23ClN2O2. The Morgan fingerprint density at radius 3 is 2.33 bits per heavy atom. The molecular weight excluding hydrogens is 360 g/mol. The van der Waals surface area contributed by atoms with Crippen LogP contribution in [0, 0.1) is 0 Å². The Labute approximate surface area is 164 Å². The standard InChI is InChI=1S/C22H23ClN2O2/c1-3-5-8-15-11-13-17(14-12-15)25-21(26)19(23)20(22(25)27)24-18-10-7-6-9-16(18)4-2/h6-7,9-14,24H,3-5,8H2,1-2H3. The largest absolute Gasteiger partial charge is 0.349 e. The molecule has 0 radical (unpaired) electrons. The van der Waals surface area contributed by atoms with Crippen LogP contribution in [0.3, 0.4) is 0 Å². The highest BCUT2D eigenvalue weighted by Gasteiger charge is 2.39. The van der Waals surface area contributed by atoms with Gasteiger partial charge in [0, 0.05) is 5.69 Å². The van der Waals surface area contributed by atoms with E-state index in [4.69, 9.17) is 11.6 Å². The number of aryl methyl sites for hydroxylation is 2. The van der Waals surface area contributed by atoms with Crippen LogP contribution in [0.4, 0.5) is 11.4 Å². The van der Waals surface area contributed by atoms with Gasteiger partial charge in [-0.3, -0.25) is 9.59 Å². The van der Waals surface area contributed by atoms with Crippen molar-refractivity contribution in [1.29, 1.82) is 0 Å². The molecule has 140 valence electrons. The summed E-state index contributed by atoms with van der Waals surface area (Å²) in [5, 5.41) is 2.98. The van der Waals surface area contributed by atoms with Crippen molar-refractivity contribution in [2.24, 2.45) is 0 Å². The first-order chi connectivity index (χ1) is 13.1. The number of hydrogen-bond donors (Lipinski definition) is 1. The third kappa shape index (κ3) is 3.91. The summed E-state index contributed by atoms with van der Waals surface area (Å²) in [6.45, 7) is 4.18. The summed E-state index contributed by atoms with van der Waals surface area (Å²) < 4.78 is 0. The molecule has 5 heteroatoms. The number of benzene rings is 2. The smallest absolute Gasteiger partial charge is 0.283 e. The van der Waals surface area contributed by atoms with Gasteiger partial charge in [0.2, 0.25) is 0 Å². The number of hydrogen-bond acceptors (Lipinski definition) is 3. The number of nitrogens with zero attached hydrogens (tertiary/aromatic N) is 1. The van der Waals surface area contributed by atoms with Gasteiger partial charge in [0.15, 0.2) is 0 Å². The molecule has 0 unspecified atom stereocenters. The zero-order chi connectivity index (χ0) is 19.4. The lowest BCUT2D eigenvalue weighted by Gasteiger charge is -2.16. The Kier molecular flexibility index (Phi) is 5.97. The highest BCUT2D eigenvalue weighted by molar-refractivity contribution is 6.53. The minimum Gasteiger partial charge on any atom is -0.349 e. The molecule has 1 aliphatic rings. The monoisotopic (exact) mass is 382 g/mol. The molecule has 0 aromatic heterocycles. The van der Waals surface area contributed by atoms with Crippen molar-refractivity contribution >= 4 is 34.8 Å². The van der Waals surface area contributed by atoms with Gasteiger partial charge in [0.05, 0.1) is 5.69 Å². The van der Waals surface area contributed by atoms with Crippen LogP contribution in [-0.2, 0) is 22.4 Å². The Hall–Kier alpha value is -2.59. The van der Waals surface area contributed by atoms with Crippen molar-refractivity contribution in [1.82, 2.24) is 0 Å². The quantitative estimate of drug-likeness (QED) is 0.683. The van der Waals surface area contributed by atoms with E-state index >= 15 is 0 Å². The average molecular weight is 383 g/mol. The second-order valence-electron chi connectivity index (χ2n) is 6.54. The van der Waals surface area contributed by atoms with Crippen molar-refractivity contribution in [3.8, 4) is 0 Å². The fourth-order valence-electron chi connectivity index (χ4n) is 3.12. The fourth-order valence-corrected chi connectivity index (χ4v) is 3.34. The highest BCUT2D eigenvalue weighted by atomic mass is 35.5. The van der Waals surface area contributed by atoms with Gasteiger partial charge in [-0.25, -0.2) is 4.90 Å². The maximum absolute atomic E-state index is 12.9.